The summed E-state index contributed by atoms with van der Waals surface area (Å²) in [5.74, 6) is 0.454. The maximum Gasteiger partial charge on any atom is 0.238 e. The van der Waals surface area contributed by atoms with Crippen LogP contribution in [0.5, 0.6) is 0 Å². The lowest BCUT2D eigenvalue weighted by atomic mass is 9.94. The van der Waals surface area contributed by atoms with Crippen LogP contribution in [0, 0.1) is 5.92 Å². The Morgan fingerprint density at radius 1 is 1.15 bits per heavy atom. The predicted molar refractivity (Wildman–Crippen MR) is 53.1 cm³/mol. The second-order valence-corrected chi connectivity index (χ2v) is 4.17. The van der Waals surface area contributed by atoms with Crippen molar-refractivity contribution in [2.24, 2.45) is 5.92 Å². The molecule has 1 radical (unpaired) electrons. The topological polar surface area (TPSA) is 40.9 Å². The molecule has 0 atom stereocenters. The lowest BCUT2D eigenvalue weighted by Crippen LogP contribution is -2.02. The van der Waals surface area contributed by atoms with Gasteiger partial charge in [-0.15, -0.1) is 0 Å². The molecule has 0 unspecified atom stereocenters. The monoisotopic (exact) mass is 182 g/mol. The van der Waals surface area contributed by atoms with Crippen LogP contribution in [0.1, 0.15) is 57.8 Å². The molecular weight excluding hydrogens is 162 g/mol. The molecule has 0 heterocycles. The molecule has 1 N–H and O–H groups in total. The van der Waals surface area contributed by atoms with Gasteiger partial charge in [0.15, 0.2) is 0 Å². The van der Waals surface area contributed by atoms with Gasteiger partial charge in [0.1, 0.15) is 0 Å². The maximum absolute atomic E-state index is 10.4. The van der Waals surface area contributed by atoms with Gasteiger partial charge in [0.05, 0.1) is 0 Å². The number of carbonyl (C=O) groups excluding carboxylic acids is 1. The average molecular weight is 182 g/mol. The number of nitrogens with one attached hydrogen (secondary N) is 1. The first-order valence-corrected chi connectivity index (χ1v) is 5.53. The van der Waals surface area contributed by atoms with Crippen LogP contribution in [0.3, 0.4) is 0 Å². The molecule has 1 fully saturated rings. The van der Waals surface area contributed by atoms with E-state index >= 15 is 0 Å². The minimum absolute atomic E-state index is 0.395. The van der Waals surface area contributed by atoms with Crippen molar-refractivity contribution in [3.8, 4) is 0 Å². The van der Waals surface area contributed by atoms with Crippen molar-refractivity contribution in [2.45, 2.75) is 57.8 Å². The van der Waals surface area contributed by atoms with E-state index in [0.29, 0.717) is 6.42 Å². The van der Waals surface area contributed by atoms with Crippen LogP contribution in [0.15, 0.2) is 0 Å². The quantitative estimate of drug-likeness (QED) is 0.616. The molecular formula is C11H20NO. The van der Waals surface area contributed by atoms with Crippen molar-refractivity contribution in [2.75, 3.05) is 0 Å². The Hall–Kier alpha value is -0.530. The summed E-state index contributed by atoms with van der Waals surface area (Å²) in [6, 6.07) is 0. The summed E-state index contributed by atoms with van der Waals surface area (Å²) in [6.45, 7) is 0. The summed E-state index contributed by atoms with van der Waals surface area (Å²) in [5.41, 5.74) is 6.80. The van der Waals surface area contributed by atoms with E-state index in [-0.39, 0.29) is 0 Å². The van der Waals surface area contributed by atoms with Gasteiger partial charge >= 0.3 is 0 Å². The number of hydrogen-bond acceptors (Lipinski definition) is 1. The van der Waals surface area contributed by atoms with E-state index in [9.17, 15) is 4.79 Å². The largest absolute Gasteiger partial charge is 0.273 e. The van der Waals surface area contributed by atoms with Crippen molar-refractivity contribution >= 4 is 5.91 Å². The van der Waals surface area contributed by atoms with Crippen molar-refractivity contribution in [3.05, 3.63) is 0 Å². The fourth-order valence-electron chi connectivity index (χ4n) is 2.20. The Balaban J connectivity index is 2.08. The molecule has 1 amide bonds. The average Bonchev–Trinajstić information content (AvgIpc) is 2.32. The number of carbonyl (C=O) groups is 1. The summed E-state index contributed by atoms with van der Waals surface area (Å²) in [5, 5.41) is 0. The van der Waals surface area contributed by atoms with Crippen LogP contribution in [0.25, 0.3) is 0 Å². The third-order valence-electron chi connectivity index (χ3n) is 2.99. The fourth-order valence-corrected chi connectivity index (χ4v) is 2.20. The van der Waals surface area contributed by atoms with Gasteiger partial charge < -0.3 is 0 Å². The minimum atomic E-state index is -0.395. The van der Waals surface area contributed by atoms with Gasteiger partial charge in [-0.05, 0) is 18.8 Å². The molecule has 0 bridgehead atoms. The standard InChI is InChI=1S/C11H20NO/c12-11(13)9-5-8-10-6-3-1-2-4-7-10/h10,12H,1-9H2. The molecule has 0 aliphatic heterocycles. The molecule has 2 nitrogen and oxygen atoms in total. The minimum Gasteiger partial charge on any atom is -0.273 e. The van der Waals surface area contributed by atoms with Crippen LogP contribution < -0.4 is 5.73 Å². The van der Waals surface area contributed by atoms with E-state index in [4.69, 9.17) is 5.73 Å². The molecule has 1 saturated carbocycles. The van der Waals surface area contributed by atoms with Gasteiger partial charge in [0, 0.05) is 6.42 Å². The molecule has 0 spiro atoms. The predicted octanol–water partition coefficient (Wildman–Crippen LogP) is 2.94. The molecule has 75 valence electrons. The van der Waals surface area contributed by atoms with Gasteiger partial charge in [-0.2, -0.15) is 0 Å². The number of hydrogen-bond donors (Lipinski definition) is 0. The lowest BCUT2D eigenvalue weighted by Gasteiger charge is -2.12. The summed E-state index contributed by atoms with van der Waals surface area (Å²) >= 11 is 0. The van der Waals surface area contributed by atoms with Gasteiger partial charge in [0.25, 0.3) is 0 Å². The van der Waals surface area contributed by atoms with Gasteiger partial charge in [0.2, 0.25) is 5.91 Å². The van der Waals surface area contributed by atoms with Gasteiger partial charge in [-0.25, -0.2) is 0 Å². The maximum atomic E-state index is 10.4. The molecule has 1 rings (SSSR count). The van der Waals surface area contributed by atoms with E-state index in [2.05, 4.69) is 0 Å². The highest BCUT2D eigenvalue weighted by atomic mass is 16.1. The molecule has 0 aromatic rings. The zero-order chi connectivity index (χ0) is 9.52. The van der Waals surface area contributed by atoms with Gasteiger partial charge in [-0.1, -0.05) is 38.5 Å². The summed E-state index contributed by atoms with van der Waals surface area (Å²) in [6.07, 6.45) is 10.8. The van der Waals surface area contributed by atoms with E-state index in [1.54, 1.807) is 0 Å². The summed E-state index contributed by atoms with van der Waals surface area (Å²) in [4.78, 5) is 10.4. The van der Waals surface area contributed by atoms with Crippen LogP contribution >= 0.6 is 0 Å². The molecule has 1 aliphatic rings. The van der Waals surface area contributed by atoms with E-state index in [1.165, 1.54) is 44.9 Å². The van der Waals surface area contributed by atoms with Gasteiger partial charge in [-0.3, -0.25) is 10.5 Å². The summed E-state index contributed by atoms with van der Waals surface area (Å²) < 4.78 is 0. The smallest absolute Gasteiger partial charge is 0.238 e. The van der Waals surface area contributed by atoms with Crippen LogP contribution in [0.2, 0.25) is 0 Å². The second kappa shape index (κ2) is 6.01. The van der Waals surface area contributed by atoms with Crippen molar-refractivity contribution in [1.82, 2.24) is 5.73 Å². The molecule has 13 heavy (non-hydrogen) atoms. The lowest BCUT2D eigenvalue weighted by molar-refractivity contribution is -0.118. The zero-order valence-electron chi connectivity index (χ0n) is 8.35. The zero-order valence-corrected chi connectivity index (χ0v) is 8.35. The Bertz CT molecular complexity index is 148. The molecule has 0 aromatic heterocycles. The number of amides is 1. The number of rotatable bonds is 4. The molecule has 0 aromatic carbocycles. The van der Waals surface area contributed by atoms with E-state index < -0.39 is 5.91 Å². The van der Waals surface area contributed by atoms with E-state index in [0.717, 1.165) is 12.3 Å². The first-order chi connectivity index (χ1) is 6.29. The highest BCUT2D eigenvalue weighted by Gasteiger charge is 2.11. The highest BCUT2D eigenvalue weighted by molar-refractivity contribution is 5.72. The van der Waals surface area contributed by atoms with Crippen molar-refractivity contribution in [3.63, 3.8) is 0 Å². The normalized spacial score (nSPS) is 19.7. The SMILES string of the molecule is [NH]C(=O)CCCC1CCCCCC1. The summed E-state index contributed by atoms with van der Waals surface area (Å²) in [7, 11) is 0. The van der Waals surface area contributed by atoms with Crippen LogP contribution in [-0.2, 0) is 4.79 Å². The third kappa shape index (κ3) is 4.91. The van der Waals surface area contributed by atoms with E-state index in [1.807, 2.05) is 0 Å². The molecule has 0 saturated heterocycles. The molecule has 1 aliphatic carbocycles. The highest BCUT2D eigenvalue weighted by Crippen LogP contribution is 2.26. The Labute approximate surface area is 80.9 Å². The first-order valence-electron chi connectivity index (χ1n) is 5.53. The Kier molecular flexibility index (Phi) is 4.87. The third-order valence-corrected chi connectivity index (χ3v) is 2.99. The molecule has 2 heteroatoms. The van der Waals surface area contributed by atoms with Crippen LogP contribution in [-0.4, -0.2) is 5.91 Å². The fraction of sp³-hybridized carbons (Fsp3) is 0.909. The van der Waals surface area contributed by atoms with Crippen molar-refractivity contribution in [1.29, 1.82) is 0 Å². The Morgan fingerprint density at radius 3 is 2.31 bits per heavy atom. The first kappa shape index (κ1) is 10.6. The second-order valence-electron chi connectivity index (χ2n) is 4.17. The van der Waals surface area contributed by atoms with Crippen molar-refractivity contribution < 1.29 is 4.79 Å². The van der Waals surface area contributed by atoms with Crippen LogP contribution in [0.4, 0.5) is 0 Å². The Morgan fingerprint density at radius 2 is 1.77 bits per heavy atom.